The predicted octanol–water partition coefficient (Wildman–Crippen LogP) is 23.8. The van der Waals surface area contributed by atoms with Gasteiger partial charge in [-0.05, 0) is 320 Å². The average Bonchev–Trinajstić information content (AvgIpc) is 1.54. The Morgan fingerprint density at radius 1 is 0.579 bits per heavy atom. The Morgan fingerprint density at radius 3 is 1.64 bits per heavy atom. The fraction of sp³-hybridized carbons (Fsp3) is 0.368. The number of methoxy groups -OCH3 is 1. The number of aromatic carboxylic acids is 2. The van der Waals surface area contributed by atoms with E-state index in [9.17, 15) is 48.3 Å². The first-order valence-corrected chi connectivity index (χ1v) is 48.9. The van der Waals surface area contributed by atoms with Crippen LogP contribution in [0.4, 0.5) is 47.6 Å². The van der Waals surface area contributed by atoms with E-state index in [4.69, 9.17) is 126 Å². The summed E-state index contributed by atoms with van der Waals surface area (Å²) in [6.07, 6.45) is 3.95. The van der Waals surface area contributed by atoms with Crippen LogP contribution in [-0.2, 0) is 71.2 Å². The van der Waals surface area contributed by atoms with Gasteiger partial charge in [-0.3, -0.25) is 19.7 Å². The molecule has 0 radical (unpaired) electrons. The molecule has 7 amide bonds. The van der Waals surface area contributed by atoms with Crippen molar-refractivity contribution in [2.45, 2.75) is 163 Å². The van der Waals surface area contributed by atoms with Crippen LogP contribution in [0, 0.1) is 26.1 Å². The molecule has 7 N–H and O–H groups in total. The van der Waals surface area contributed by atoms with Gasteiger partial charge >= 0.3 is 36.3 Å². The van der Waals surface area contributed by atoms with Crippen molar-refractivity contribution < 1.29 is 82.2 Å². The van der Waals surface area contributed by atoms with Crippen LogP contribution in [0.3, 0.4) is 0 Å². The largest absolute Gasteiger partial charge is 0.497 e. The maximum atomic E-state index is 13.9. The lowest BCUT2D eigenvalue weighted by Gasteiger charge is -2.46. The molecule has 1 spiro atoms. The lowest BCUT2D eigenvalue weighted by molar-refractivity contribution is -0.129. The molecule has 133 heavy (non-hydrogen) atoms. The van der Waals surface area contributed by atoms with Gasteiger partial charge in [0, 0.05) is 93.7 Å². The summed E-state index contributed by atoms with van der Waals surface area (Å²) in [6, 6.07) is 47.4. The van der Waals surface area contributed by atoms with Crippen molar-refractivity contribution in [1.29, 1.82) is 0 Å². The van der Waals surface area contributed by atoms with Crippen LogP contribution in [0.2, 0.25) is 35.2 Å². The summed E-state index contributed by atoms with van der Waals surface area (Å²) in [5.74, 6) is -0.984. The second-order valence-corrected chi connectivity index (χ2v) is 41.4. The third kappa shape index (κ3) is 32.3. The van der Waals surface area contributed by atoms with Crippen molar-refractivity contribution in [2.75, 3.05) is 79.2 Å². The fourth-order valence-corrected chi connectivity index (χ4v) is 17.2. The number of carbonyl (C=O) groups is 9. The summed E-state index contributed by atoms with van der Waals surface area (Å²) in [7, 11) is 1.62. The third-order valence-electron chi connectivity index (χ3n) is 20.0. The van der Waals surface area contributed by atoms with E-state index in [1.54, 1.807) is 99.5 Å². The number of aryl methyl sites for hydroxylation is 1. The van der Waals surface area contributed by atoms with Crippen LogP contribution < -0.4 is 30.9 Å². The molecule has 3 fully saturated rings. The van der Waals surface area contributed by atoms with E-state index in [-0.39, 0.29) is 72.6 Å². The number of hydrogen-bond donors (Lipinski definition) is 6. The number of hydrogen-bond acceptors (Lipinski definition) is 17. The van der Waals surface area contributed by atoms with Crippen molar-refractivity contribution in [3.63, 3.8) is 0 Å². The number of nitrogen functional groups attached to an aromatic ring is 1. The van der Waals surface area contributed by atoms with Gasteiger partial charge in [0.2, 0.25) is 17.7 Å². The highest BCUT2D eigenvalue weighted by molar-refractivity contribution is 14.1. The van der Waals surface area contributed by atoms with E-state index < -0.39 is 52.4 Å². The molecular weight excluding hydrogens is 2310 g/mol. The van der Waals surface area contributed by atoms with Gasteiger partial charge in [0.15, 0.2) is 0 Å². The van der Waals surface area contributed by atoms with Crippen molar-refractivity contribution in [3.05, 3.63) is 253 Å². The number of fused-ring (bicyclic) bond motifs is 3. The molecule has 1 aliphatic carbocycles. The van der Waals surface area contributed by atoms with Crippen molar-refractivity contribution in [1.82, 2.24) is 24.3 Å². The molecular formula is C95H105Cl7I4N10O17. The Morgan fingerprint density at radius 2 is 1.11 bits per heavy atom. The smallest absolute Gasteiger partial charge is 0.412 e. The molecule has 0 bridgehead atoms. The second kappa shape index (κ2) is 50.3. The van der Waals surface area contributed by atoms with Gasteiger partial charge < -0.3 is 79.1 Å². The number of nitrogens with one attached hydrogen (secondary N) is 2. The van der Waals surface area contributed by atoms with Crippen LogP contribution in [-0.4, -0.2) is 169 Å². The van der Waals surface area contributed by atoms with Gasteiger partial charge in [0.1, 0.15) is 33.8 Å². The number of amides is 7. The predicted molar refractivity (Wildman–Crippen MR) is 556 cm³/mol. The number of likely N-dealkylation sites (tertiary alicyclic amines) is 3. The van der Waals surface area contributed by atoms with Crippen LogP contribution in [0.5, 0.6) is 5.75 Å². The minimum atomic E-state index is -0.956. The fourth-order valence-electron chi connectivity index (χ4n) is 13.7. The van der Waals surface area contributed by atoms with E-state index in [1.807, 2.05) is 172 Å². The molecule has 0 saturated carbocycles. The number of carboxylic acids is 2. The Labute approximate surface area is 863 Å². The van der Waals surface area contributed by atoms with Gasteiger partial charge in [0.25, 0.3) is 0 Å². The lowest BCUT2D eigenvalue weighted by atomic mass is 9.75. The Hall–Kier alpha value is -8.09. The number of unbranched alkanes of at least 4 members (excludes halogenated alkanes) is 1. The van der Waals surface area contributed by atoms with E-state index in [0.29, 0.717) is 84.3 Å². The lowest BCUT2D eigenvalue weighted by Crippen LogP contribution is -2.65. The number of anilines is 5. The molecule has 5 aliphatic rings. The zero-order chi connectivity index (χ0) is 98.3. The molecule has 0 atom stereocenters. The minimum Gasteiger partial charge on any atom is -0.497 e. The Bertz CT molecular complexity index is 5610. The van der Waals surface area contributed by atoms with Crippen molar-refractivity contribution >= 4 is 254 Å². The number of nitrogens with zero attached hydrogens (tertiary/aromatic N) is 7. The molecule has 3 saturated heterocycles. The van der Waals surface area contributed by atoms with Crippen LogP contribution >= 0.6 is 172 Å². The van der Waals surface area contributed by atoms with E-state index in [2.05, 4.69) is 83.0 Å². The number of nitrogens with two attached hydrogens (primary N) is 1. The maximum absolute atomic E-state index is 13.9. The first-order chi connectivity index (χ1) is 62.5. The molecule has 27 nitrogen and oxygen atoms in total. The number of aliphatic hydroxyl groups is 1. The summed E-state index contributed by atoms with van der Waals surface area (Å²) in [5, 5.41) is 35.7. The van der Waals surface area contributed by atoms with E-state index in [1.165, 1.54) is 28.8 Å². The van der Waals surface area contributed by atoms with E-state index in [0.717, 1.165) is 106 Å². The van der Waals surface area contributed by atoms with Crippen LogP contribution in [0.15, 0.2) is 164 Å². The highest BCUT2D eigenvalue weighted by Crippen LogP contribution is 2.51. The summed E-state index contributed by atoms with van der Waals surface area (Å²) in [5.41, 5.74) is 11.3. The van der Waals surface area contributed by atoms with Gasteiger partial charge in [-0.2, -0.15) is 0 Å². The molecule has 4 aliphatic heterocycles. The summed E-state index contributed by atoms with van der Waals surface area (Å²) in [4.78, 5) is 121. The number of carbonyl (C=O) groups excluding carboxylic acids is 7. The zero-order valence-corrected chi connectivity index (χ0v) is 89.0. The van der Waals surface area contributed by atoms with Gasteiger partial charge in [-0.1, -0.05) is 136 Å². The zero-order valence-electron chi connectivity index (χ0n) is 75.1. The molecule has 38 heteroatoms. The molecule has 0 unspecified atom stereocenters. The van der Waals surface area contributed by atoms with Crippen LogP contribution in [0.1, 0.15) is 151 Å². The molecule has 1 aromatic heterocycles. The number of aromatic nitrogens is 2. The SMILES string of the molecule is CC(C)(C)OC(=O)N1CC(C(=O)Nc2cccc(Cl)c2I)C1.CC(C)(C)OC(=O)Nc1cccc(Cl)c1.CC(C)OC(=O)N1CC2(C1)C(=O)N(Cc1nc3c(n1CCCCO)CCCC3)c1cccc(Cl)c12.COc1ccc(CN(C(=O)C2CN(C(=O)OC(C)(C)C)C2)c2cccc(Cl)c2I)cc1.Nc1cccc(Cl)c1I.O=C(O)c1cccc(Cl)c1.O=C(O)c1cccc(Cl)c1I. The number of aliphatic hydroxyl groups excluding tert-OH is 1. The normalized spacial score (nSPS) is 13.9. The highest BCUT2D eigenvalue weighted by atomic mass is 127. The van der Waals surface area contributed by atoms with Gasteiger partial charge in [-0.25, -0.2) is 33.8 Å². The first kappa shape index (κ1) is 110. The Kier molecular flexibility index (Phi) is 41.7. The number of carboxylic acid groups (broad SMARTS) is 2. The quantitative estimate of drug-likeness (QED) is 0.0213. The first-order valence-electron chi connectivity index (χ1n) is 42.0. The summed E-state index contributed by atoms with van der Waals surface area (Å²) >= 11 is 50.0. The summed E-state index contributed by atoms with van der Waals surface area (Å²) in [6.45, 7) is 23.6. The number of ether oxygens (including phenoxy) is 5. The molecule has 14 rings (SSSR count). The van der Waals surface area contributed by atoms with E-state index >= 15 is 0 Å². The van der Waals surface area contributed by atoms with Gasteiger partial charge in [0.05, 0.1) is 103 Å². The number of imidazole rings is 1. The Balaban J connectivity index is 0.000000202. The maximum Gasteiger partial charge on any atom is 0.412 e. The summed E-state index contributed by atoms with van der Waals surface area (Å²) < 4.78 is 31.7. The molecule has 9 aromatic rings. The standard InChI is InChI=1S/C26H33ClN4O4.C23H26ClIN2O4.C15H18ClIN2O3.C11H14ClNO2.C7H4ClIO2.C7H5ClO2.C6H5ClIN/c1-17(2)35-25(34)29-15-26(16-29)23-18(27)8-7-11-21(23)31(24(26)33)14-22-28-19-9-3-4-10-20(19)30(22)12-5-6-13-32;1-23(2,3)31-22(29)26-13-16(14-26)21(28)27(19-7-5-6-18(24)20(19)25)12-15-8-10-17(30-4)11-9-15;1-15(2,3)22-14(21)19-7-9(8-19)13(20)18-11-6-4-5-10(16)12(11)17;1-11(2,3)15-10(14)13-9-6-4-5-8(12)7-9;8-5-3-1-2-4(6(5)9)7(10)11;8-6-3-1-2-5(4-6)7(9)10;7-4-2-1-3-5(9)6(4)8/h7-8,11,17,32H,3-6,9-10,12-16H2,1-2H3;5-11,16H,12-14H2,1-4H3;4-6,9H,7-8H2,1-3H3,(H,18,20);4-7H,1-3H3,(H,13,14);1-3H,(H,10,11);1-4H,(H,9,10);1-3H,9H2. The van der Waals surface area contributed by atoms with Crippen molar-refractivity contribution in [2.24, 2.45) is 11.8 Å². The van der Waals surface area contributed by atoms with Crippen LogP contribution in [0.25, 0.3) is 0 Å². The molecule has 8 aromatic carbocycles. The third-order valence-corrected chi connectivity index (χ3v) is 28.0. The highest BCUT2D eigenvalue weighted by Gasteiger charge is 2.61. The molecule has 5 heterocycles. The number of rotatable bonds is 17. The van der Waals surface area contributed by atoms with Gasteiger partial charge in [-0.15, -0.1) is 0 Å². The second-order valence-electron chi connectivity index (χ2n) is 34.2. The number of halogens is 11. The average molecular weight is 2410 g/mol. The monoisotopic (exact) mass is 2410 g/mol. The number of benzene rings is 8. The molecule has 714 valence electrons. The topological polar surface area (TPSA) is 345 Å². The van der Waals surface area contributed by atoms with Crippen molar-refractivity contribution in [3.8, 4) is 5.75 Å². The minimum absolute atomic E-state index is 0.0444.